The summed E-state index contributed by atoms with van der Waals surface area (Å²) < 4.78 is 33.3. The Kier molecular flexibility index (Phi) is 4.05. The molecule has 0 unspecified atom stereocenters. The summed E-state index contributed by atoms with van der Waals surface area (Å²) in [7, 11) is 0.635. The van der Waals surface area contributed by atoms with Crippen LogP contribution >= 0.6 is 0 Å². The number of hydrogen-bond acceptors (Lipinski definition) is 4. The number of nitrogens with zero attached hydrogens (tertiary/aromatic N) is 2. The normalized spacial score (nSPS) is 29.2. The van der Waals surface area contributed by atoms with Crippen LogP contribution in [0.3, 0.4) is 0 Å². The van der Waals surface area contributed by atoms with Crippen LogP contribution in [0.25, 0.3) is 0 Å². The Balaban J connectivity index is 1.90. The number of aryl methyl sites for hydroxylation is 1. The SMILES string of the molecule is Cc1ccccc1S(=O)(=O)N1C[C@@H]2COC[C@]2(CN(C)C)C1. The molecule has 0 spiro atoms. The van der Waals surface area contributed by atoms with Crippen molar-refractivity contribution in [3.8, 4) is 0 Å². The van der Waals surface area contributed by atoms with Gasteiger partial charge in [0.1, 0.15) is 0 Å². The van der Waals surface area contributed by atoms with Crippen LogP contribution in [-0.2, 0) is 14.8 Å². The molecule has 1 aromatic rings. The molecule has 0 bridgehead atoms. The first kappa shape index (κ1) is 15.9. The molecule has 2 aliphatic rings. The number of ether oxygens (including phenoxy) is 1. The van der Waals surface area contributed by atoms with Crippen molar-refractivity contribution >= 4 is 10.0 Å². The minimum absolute atomic E-state index is 0.0702. The highest BCUT2D eigenvalue weighted by molar-refractivity contribution is 7.89. The van der Waals surface area contributed by atoms with E-state index in [9.17, 15) is 8.42 Å². The fourth-order valence-corrected chi connectivity index (χ4v) is 5.61. The Labute approximate surface area is 132 Å². The zero-order chi connectivity index (χ0) is 16.0. The largest absolute Gasteiger partial charge is 0.380 e. The van der Waals surface area contributed by atoms with E-state index in [-0.39, 0.29) is 11.3 Å². The standard InChI is InChI=1S/C16H24N2O3S/c1-13-6-4-5-7-15(13)22(19,20)18-8-14-9-21-12-16(14,11-18)10-17(2)3/h4-7,14H,8-12H2,1-3H3/t14-,16+/m1/s1. The maximum absolute atomic E-state index is 13.0. The molecule has 2 saturated heterocycles. The molecule has 5 nitrogen and oxygen atoms in total. The lowest BCUT2D eigenvalue weighted by Crippen LogP contribution is -2.41. The summed E-state index contributed by atoms with van der Waals surface area (Å²) in [6.45, 7) is 5.13. The molecule has 0 N–H and O–H groups in total. The highest BCUT2D eigenvalue weighted by Gasteiger charge is 2.53. The van der Waals surface area contributed by atoms with Crippen LogP contribution in [0.5, 0.6) is 0 Å². The van der Waals surface area contributed by atoms with Gasteiger partial charge in [-0.1, -0.05) is 18.2 Å². The monoisotopic (exact) mass is 324 g/mol. The van der Waals surface area contributed by atoms with E-state index < -0.39 is 10.0 Å². The second kappa shape index (κ2) is 5.60. The number of fused-ring (bicyclic) bond motifs is 1. The fourth-order valence-electron chi connectivity index (χ4n) is 3.80. The predicted octanol–water partition coefficient (Wildman–Crippen LogP) is 1.19. The molecule has 1 aromatic carbocycles. The van der Waals surface area contributed by atoms with Gasteiger partial charge in [-0.2, -0.15) is 4.31 Å². The van der Waals surface area contributed by atoms with Crippen LogP contribution in [0.2, 0.25) is 0 Å². The van der Waals surface area contributed by atoms with Gasteiger partial charge in [0.15, 0.2) is 0 Å². The van der Waals surface area contributed by atoms with Crippen molar-refractivity contribution in [1.82, 2.24) is 9.21 Å². The highest BCUT2D eigenvalue weighted by atomic mass is 32.2. The minimum Gasteiger partial charge on any atom is -0.380 e. The summed E-state index contributed by atoms with van der Waals surface area (Å²) in [5, 5.41) is 0. The molecule has 122 valence electrons. The molecule has 2 heterocycles. The molecule has 0 aromatic heterocycles. The quantitative estimate of drug-likeness (QED) is 0.835. The van der Waals surface area contributed by atoms with E-state index in [1.165, 1.54) is 0 Å². The van der Waals surface area contributed by atoms with Crippen molar-refractivity contribution in [1.29, 1.82) is 0 Å². The number of sulfonamides is 1. The van der Waals surface area contributed by atoms with Gasteiger partial charge in [-0.15, -0.1) is 0 Å². The average molecular weight is 324 g/mol. The Morgan fingerprint density at radius 1 is 1.36 bits per heavy atom. The Morgan fingerprint density at radius 2 is 2.09 bits per heavy atom. The maximum Gasteiger partial charge on any atom is 0.243 e. The first-order valence-electron chi connectivity index (χ1n) is 7.63. The van der Waals surface area contributed by atoms with E-state index in [1.54, 1.807) is 16.4 Å². The average Bonchev–Trinajstić information content (AvgIpc) is 2.94. The van der Waals surface area contributed by atoms with Crippen LogP contribution in [0.15, 0.2) is 29.2 Å². The van der Waals surface area contributed by atoms with Crippen molar-refractivity contribution in [2.24, 2.45) is 11.3 Å². The predicted molar refractivity (Wildman–Crippen MR) is 85.2 cm³/mol. The van der Waals surface area contributed by atoms with E-state index >= 15 is 0 Å². The Bertz CT molecular complexity index is 659. The first-order chi connectivity index (χ1) is 10.3. The van der Waals surface area contributed by atoms with Gasteiger partial charge in [0.05, 0.1) is 18.1 Å². The van der Waals surface area contributed by atoms with Crippen molar-refractivity contribution in [2.45, 2.75) is 11.8 Å². The number of benzene rings is 1. The molecular weight excluding hydrogens is 300 g/mol. The fraction of sp³-hybridized carbons (Fsp3) is 0.625. The topological polar surface area (TPSA) is 49.9 Å². The van der Waals surface area contributed by atoms with Gasteiger partial charge in [0, 0.05) is 31.0 Å². The Hall–Kier alpha value is -0.950. The van der Waals surface area contributed by atoms with Crippen molar-refractivity contribution < 1.29 is 13.2 Å². The zero-order valence-corrected chi connectivity index (χ0v) is 14.3. The molecule has 2 atom stereocenters. The van der Waals surface area contributed by atoms with Crippen LogP contribution in [0, 0.1) is 18.3 Å². The summed E-state index contributed by atoms with van der Waals surface area (Å²) in [5.41, 5.74) is 0.733. The Morgan fingerprint density at radius 3 is 2.77 bits per heavy atom. The van der Waals surface area contributed by atoms with Crippen LogP contribution in [-0.4, -0.2) is 64.6 Å². The third-order valence-electron chi connectivity index (χ3n) is 4.83. The lowest BCUT2D eigenvalue weighted by Gasteiger charge is -2.30. The van der Waals surface area contributed by atoms with Gasteiger partial charge in [-0.3, -0.25) is 0 Å². The lowest BCUT2D eigenvalue weighted by molar-refractivity contribution is 0.124. The molecule has 0 radical (unpaired) electrons. The van der Waals surface area contributed by atoms with E-state index in [4.69, 9.17) is 4.74 Å². The summed E-state index contributed by atoms with van der Waals surface area (Å²) >= 11 is 0. The van der Waals surface area contributed by atoms with Gasteiger partial charge in [-0.05, 0) is 32.6 Å². The number of hydrogen-bond donors (Lipinski definition) is 0. The van der Waals surface area contributed by atoms with E-state index in [0.29, 0.717) is 31.2 Å². The molecular formula is C16H24N2O3S. The van der Waals surface area contributed by atoms with Gasteiger partial charge < -0.3 is 9.64 Å². The van der Waals surface area contributed by atoms with Crippen molar-refractivity contribution in [2.75, 3.05) is 46.9 Å². The third kappa shape index (κ3) is 2.58. The smallest absolute Gasteiger partial charge is 0.243 e. The lowest BCUT2D eigenvalue weighted by atomic mass is 9.81. The summed E-state index contributed by atoms with van der Waals surface area (Å²) in [6, 6.07) is 7.21. The van der Waals surface area contributed by atoms with E-state index in [0.717, 1.165) is 12.1 Å². The molecule has 0 saturated carbocycles. The van der Waals surface area contributed by atoms with Gasteiger partial charge in [0.25, 0.3) is 0 Å². The maximum atomic E-state index is 13.0. The van der Waals surface area contributed by atoms with E-state index in [1.807, 2.05) is 33.2 Å². The summed E-state index contributed by atoms with van der Waals surface area (Å²) in [4.78, 5) is 2.56. The minimum atomic E-state index is -3.43. The molecule has 2 aliphatic heterocycles. The molecule has 22 heavy (non-hydrogen) atoms. The van der Waals surface area contributed by atoms with Gasteiger partial charge >= 0.3 is 0 Å². The second-order valence-corrected chi connectivity index (χ2v) is 8.78. The van der Waals surface area contributed by atoms with Gasteiger partial charge in [0.2, 0.25) is 10.0 Å². The van der Waals surface area contributed by atoms with Crippen molar-refractivity contribution in [3.63, 3.8) is 0 Å². The van der Waals surface area contributed by atoms with Crippen LogP contribution in [0.4, 0.5) is 0 Å². The zero-order valence-electron chi connectivity index (χ0n) is 13.4. The third-order valence-corrected chi connectivity index (χ3v) is 6.80. The van der Waals surface area contributed by atoms with Crippen LogP contribution < -0.4 is 0 Å². The summed E-state index contributed by atoms with van der Waals surface area (Å²) in [5.74, 6) is 0.286. The number of rotatable bonds is 4. The highest BCUT2D eigenvalue weighted by Crippen LogP contribution is 2.43. The molecule has 0 amide bonds. The van der Waals surface area contributed by atoms with E-state index in [2.05, 4.69) is 4.90 Å². The molecule has 0 aliphatic carbocycles. The molecule has 6 heteroatoms. The van der Waals surface area contributed by atoms with Crippen molar-refractivity contribution in [3.05, 3.63) is 29.8 Å². The molecule has 2 fully saturated rings. The van der Waals surface area contributed by atoms with Gasteiger partial charge in [-0.25, -0.2) is 8.42 Å². The second-order valence-electron chi connectivity index (χ2n) is 6.88. The first-order valence-corrected chi connectivity index (χ1v) is 9.07. The molecule has 3 rings (SSSR count). The summed E-state index contributed by atoms with van der Waals surface area (Å²) in [6.07, 6.45) is 0. The van der Waals surface area contributed by atoms with Crippen LogP contribution in [0.1, 0.15) is 5.56 Å².